The van der Waals surface area contributed by atoms with Crippen LogP contribution in [0.1, 0.15) is 35.9 Å². The molecule has 0 bridgehead atoms. The number of nitro benzene ring substituents is 1. The first-order valence-electron chi connectivity index (χ1n) is 9.45. The summed E-state index contributed by atoms with van der Waals surface area (Å²) in [6.45, 7) is 1.31. The second kappa shape index (κ2) is 11.9. The number of nitro groups is 1. The molecule has 1 heterocycles. The number of halogens is 1. The number of amides is 2. The van der Waals surface area contributed by atoms with Gasteiger partial charge in [-0.05, 0) is 24.4 Å². The minimum atomic E-state index is -1.20. The maximum atomic E-state index is 12.2. The van der Waals surface area contributed by atoms with Gasteiger partial charge in [0, 0.05) is 31.5 Å². The Bertz CT molecular complexity index is 1010. The van der Waals surface area contributed by atoms with Crippen molar-refractivity contribution in [2.75, 3.05) is 11.9 Å². The average Bonchev–Trinajstić information content (AvgIpc) is 3.28. The van der Waals surface area contributed by atoms with Gasteiger partial charge in [-0.3, -0.25) is 29.3 Å². The molecule has 2 rings (SSSR count). The number of carbonyl (C=O) groups is 4. The van der Waals surface area contributed by atoms with Gasteiger partial charge in [-0.1, -0.05) is 17.7 Å². The van der Waals surface area contributed by atoms with Gasteiger partial charge in [0.2, 0.25) is 5.91 Å². The Morgan fingerprint density at radius 3 is 2.59 bits per heavy atom. The largest absolute Gasteiger partial charge is 0.452 e. The molecule has 0 unspecified atom stereocenters. The predicted octanol–water partition coefficient (Wildman–Crippen LogP) is 3.35. The van der Waals surface area contributed by atoms with E-state index in [0.29, 0.717) is 4.88 Å². The van der Waals surface area contributed by atoms with E-state index in [1.54, 1.807) is 17.5 Å². The van der Waals surface area contributed by atoms with Crippen molar-refractivity contribution in [3.8, 4) is 0 Å². The standard InChI is InChI=1S/C20H20ClN3O7S/c1-12(20(28)23-15-11-13(24(29)30)4-5-14(15)21)31-19(27)8-9-22-18(26)7-6-16(25)17-3-2-10-32-17/h2-5,10-12H,6-9H2,1H3,(H,22,26)(H,23,28)/t12-/m0/s1. The summed E-state index contributed by atoms with van der Waals surface area (Å²) < 4.78 is 5.00. The molecule has 170 valence electrons. The topological polar surface area (TPSA) is 145 Å². The third kappa shape index (κ3) is 7.75. The van der Waals surface area contributed by atoms with Gasteiger partial charge in [-0.2, -0.15) is 0 Å². The van der Waals surface area contributed by atoms with Crippen molar-refractivity contribution >= 4 is 57.9 Å². The van der Waals surface area contributed by atoms with Crippen molar-refractivity contribution in [3.05, 3.63) is 55.7 Å². The molecular weight excluding hydrogens is 462 g/mol. The van der Waals surface area contributed by atoms with Gasteiger partial charge in [0.15, 0.2) is 11.9 Å². The SMILES string of the molecule is C[C@H](OC(=O)CCNC(=O)CCC(=O)c1cccs1)C(=O)Nc1cc([N+](=O)[O-])ccc1Cl. The van der Waals surface area contributed by atoms with Crippen molar-refractivity contribution in [2.24, 2.45) is 0 Å². The molecule has 32 heavy (non-hydrogen) atoms. The van der Waals surface area contributed by atoms with Crippen LogP contribution in [0.4, 0.5) is 11.4 Å². The molecule has 2 amide bonds. The molecule has 0 saturated heterocycles. The van der Waals surface area contributed by atoms with Gasteiger partial charge >= 0.3 is 5.97 Å². The number of ketones is 1. The van der Waals surface area contributed by atoms with E-state index in [0.717, 1.165) is 6.07 Å². The fourth-order valence-corrected chi connectivity index (χ4v) is 3.31. The highest BCUT2D eigenvalue weighted by molar-refractivity contribution is 7.12. The van der Waals surface area contributed by atoms with Crippen LogP contribution >= 0.6 is 22.9 Å². The third-order valence-corrected chi connectivity index (χ3v) is 5.36. The van der Waals surface area contributed by atoms with Crippen LogP contribution < -0.4 is 10.6 Å². The number of carbonyl (C=O) groups excluding carboxylic acids is 4. The lowest BCUT2D eigenvalue weighted by atomic mass is 10.2. The highest BCUT2D eigenvalue weighted by Crippen LogP contribution is 2.26. The van der Waals surface area contributed by atoms with Gasteiger partial charge in [-0.15, -0.1) is 11.3 Å². The van der Waals surface area contributed by atoms with E-state index in [9.17, 15) is 29.3 Å². The quantitative estimate of drug-likeness (QED) is 0.216. The number of Topliss-reactive ketones (excluding diaryl/α,β-unsaturated/α-hetero) is 1. The number of rotatable bonds is 11. The van der Waals surface area contributed by atoms with Crippen LogP contribution in [0.15, 0.2) is 35.7 Å². The molecule has 1 aromatic heterocycles. The Morgan fingerprint density at radius 1 is 1.19 bits per heavy atom. The monoisotopic (exact) mass is 481 g/mol. The summed E-state index contributed by atoms with van der Waals surface area (Å²) in [6, 6.07) is 6.98. The molecule has 0 fully saturated rings. The molecule has 0 spiro atoms. The van der Waals surface area contributed by atoms with E-state index in [4.69, 9.17) is 16.3 Å². The summed E-state index contributed by atoms with van der Waals surface area (Å²) in [7, 11) is 0. The number of non-ortho nitro benzene ring substituents is 1. The number of anilines is 1. The van der Waals surface area contributed by atoms with Gasteiger partial charge in [0.25, 0.3) is 11.6 Å². The molecule has 0 aliphatic rings. The van der Waals surface area contributed by atoms with Crippen molar-refractivity contribution in [1.82, 2.24) is 5.32 Å². The first-order valence-corrected chi connectivity index (χ1v) is 10.7. The summed E-state index contributed by atoms with van der Waals surface area (Å²) in [6.07, 6.45) is -1.32. The van der Waals surface area contributed by atoms with E-state index in [1.807, 2.05) is 0 Å². The van der Waals surface area contributed by atoms with Crippen LogP contribution in [0, 0.1) is 10.1 Å². The maximum absolute atomic E-state index is 12.2. The Hall–Kier alpha value is -3.31. The molecule has 0 radical (unpaired) electrons. The number of nitrogens with one attached hydrogen (secondary N) is 2. The van der Waals surface area contributed by atoms with E-state index in [2.05, 4.69) is 10.6 Å². The summed E-state index contributed by atoms with van der Waals surface area (Å²) in [4.78, 5) is 58.5. The van der Waals surface area contributed by atoms with E-state index < -0.39 is 22.9 Å². The molecule has 0 aliphatic carbocycles. The predicted molar refractivity (Wildman–Crippen MR) is 118 cm³/mol. The molecule has 1 aromatic carbocycles. The number of esters is 1. The van der Waals surface area contributed by atoms with E-state index in [-0.39, 0.29) is 53.9 Å². The highest BCUT2D eigenvalue weighted by atomic mass is 35.5. The highest BCUT2D eigenvalue weighted by Gasteiger charge is 2.20. The summed E-state index contributed by atoms with van der Waals surface area (Å²) in [5, 5.41) is 17.6. The Morgan fingerprint density at radius 2 is 1.94 bits per heavy atom. The average molecular weight is 482 g/mol. The van der Waals surface area contributed by atoms with Crippen LogP contribution in [0.2, 0.25) is 5.02 Å². The fraction of sp³-hybridized carbons (Fsp3) is 0.300. The molecule has 1 atom stereocenters. The second-order valence-corrected chi connectivity index (χ2v) is 7.90. The number of thiophene rings is 1. The zero-order valence-corrected chi connectivity index (χ0v) is 18.5. The number of hydrogen-bond acceptors (Lipinski definition) is 8. The summed E-state index contributed by atoms with van der Waals surface area (Å²) in [5.74, 6) is -1.96. The Balaban J connectivity index is 1.71. The van der Waals surface area contributed by atoms with E-state index in [1.165, 1.54) is 30.4 Å². The van der Waals surface area contributed by atoms with Crippen LogP contribution in [-0.2, 0) is 19.1 Å². The minimum absolute atomic E-state index is 0.00540. The Labute approximate surface area is 192 Å². The van der Waals surface area contributed by atoms with Crippen molar-refractivity contribution in [2.45, 2.75) is 32.3 Å². The van der Waals surface area contributed by atoms with Gasteiger partial charge in [0.05, 0.1) is 26.9 Å². The molecule has 12 heteroatoms. The van der Waals surface area contributed by atoms with Gasteiger partial charge in [0.1, 0.15) is 0 Å². The molecular formula is C20H20ClN3O7S. The van der Waals surface area contributed by atoms with Gasteiger partial charge in [-0.25, -0.2) is 0 Å². The zero-order valence-electron chi connectivity index (χ0n) is 17.0. The maximum Gasteiger partial charge on any atom is 0.308 e. The minimum Gasteiger partial charge on any atom is -0.452 e. The number of hydrogen-bond donors (Lipinski definition) is 2. The van der Waals surface area contributed by atoms with Crippen LogP contribution in [0.5, 0.6) is 0 Å². The normalized spacial score (nSPS) is 11.3. The van der Waals surface area contributed by atoms with Crippen molar-refractivity contribution in [1.29, 1.82) is 0 Å². The van der Waals surface area contributed by atoms with Crippen molar-refractivity contribution < 1.29 is 28.8 Å². The number of ether oxygens (including phenoxy) is 1. The lowest BCUT2D eigenvalue weighted by Gasteiger charge is -2.14. The lowest BCUT2D eigenvalue weighted by Crippen LogP contribution is -2.32. The molecule has 2 aromatic rings. The van der Waals surface area contributed by atoms with Crippen LogP contribution in [0.3, 0.4) is 0 Å². The van der Waals surface area contributed by atoms with Crippen LogP contribution in [0.25, 0.3) is 0 Å². The second-order valence-electron chi connectivity index (χ2n) is 6.54. The Kier molecular flexibility index (Phi) is 9.29. The lowest BCUT2D eigenvalue weighted by molar-refractivity contribution is -0.384. The van der Waals surface area contributed by atoms with E-state index >= 15 is 0 Å². The molecule has 0 saturated carbocycles. The first-order chi connectivity index (χ1) is 15.2. The van der Waals surface area contributed by atoms with Gasteiger partial charge < -0.3 is 15.4 Å². The zero-order chi connectivity index (χ0) is 23.7. The molecule has 2 N–H and O–H groups in total. The fourth-order valence-electron chi connectivity index (χ4n) is 2.45. The summed E-state index contributed by atoms with van der Waals surface area (Å²) >= 11 is 7.23. The van der Waals surface area contributed by atoms with Crippen LogP contribution in [-0.4, -0.2) is 41.1 Å². The van der Waals surface area contributed by atoms with Crippen molar-refractivity contribution in [3.63, 3.8) is 0 Å². The molecule has 10 nitrogen and oxygen atoms in total. The number of benzene rings is 1. The first kappa shape index (κ1) is 25.0. The third-order valence-electron chi connectivity index (χ3n) is 4.12. The smallest absolute Gasteiger partial charge is 0.308 e. The summed E-state index contributed by atoms with van der Waals surface area (Å²) in [5.41, 5.74) is -0.250. The number of nitrogens with zero attached hydrogens (tertiary/aromatic N) is 1. The molecule has 0 aliphatic heterocycles.